The van der Waals surface area contributed by atoms with Gasteiger partial charge in [-0.25, -0.2) is 0 Å². The Morgan fingerprint density at radius 3 is 2.68 bits per heavy atom. The maximum atomic E-state index is 4.67. The van der Waals surface area contributed by atoms with Gasteiger partial charge >= 0.3 is 0 Å². The average Bonchev–Trinajstić information content (AvgIpc) is 2.89. The molecule has 1 aromatic heterocycles. The van der Waals surface area contributed by atoms with Gasteiger partial charge in [0.2, 0.25) is 0 Å². The molecule has 1 aromatic rings. The molecule has 1 rings (SSSR count). The molecule has 1 unspecified atom stereocenters. The molecule has 0 aromatic carbocycles. The molecule has 108 valence electrons. The summed E-state index contributed by atoms with van der Waals surface area (Å²) < 4.78 is 0. The molecule has 19 heavy (non-hydrogen) atoms. The summed E-state index contributed by atoms with van der Waals surface area (Å²) in [7, 11) is 0. The first kappa shape index (κ1) is 16.0. The van der Waals surface area contributed by atoms with E-state index >= 15 is 0 Å². The zero-order valence-corrected chi connectivity index (χ0v) is 13.4. The van der Waals surface area contributed by atoms with E-state index < -0.39 is 0 Å². The van der Waals surface area contributed by atoms with Crippen molar-refractivity contribution in [2.75, 3.05) is 19.6 Å². The van der Waals surface area contributed by atoms with Gasteiger partial charge in [-0.05, 0) is 41.7 Å². The number of hydrogen-bond donors (Lipinski definition) is 2. The van der Waals surface area contributed by atoms with Gasteiger partial charge in [0.25, 0.3) is 0 Å². The second-order valence-electron chi connectivity index (χ2n) is 5.29. The van der Waals surface area contributed by atoms with Crippen LogP contribution in [0.4, 0.5) is 0 Å². The molecule has 0 radical (unpaired) electrons. The van der Waals surface area contributed by atoms with E-state index in [9.17, 15) is 0 Å². The van der Waals surface area contributed by atoms with Crippen molar-refractivity contribution < 1.29 is 0 Å². The molecule has 0 bridgehead atoms. The third-order valence-electron chi connectivity index (χ3n) is 2.99. The molecule has 2 N–H and O–H groups in total. The summed E-state index contributed by atoms with van der Waals surface area (Å²) in [5, 5.41) is 11.0. The summed E-state index contributed by atoms with van der Waals surface area (Å²) in [6.07, 6.45) is 1.17. The molecule has 0 amide bonds. The Morgan fingerprint density at radius 1 is 1.32 bits per heavy atom. The van der Waals surface area contributed by atoms with Crippen LogP contribution in [0, 0.1) is 5.92 Å². The first-order valence-electron chi connectivity index (χ1n) is 7.17. The quantitative estimate of drug-likeness (QED) is 0.593. The first-order valence-corrected chi connectivity index (χ1v) is 8.12. The van der Waals surface area contributed by atoms with E-state index in [4.69, 9.17) is 0 Å². The zero-order valence-electron chi connectivity index (χ0n) is 12.6. The van der Waals surface area contributed by atoms with Gasteiger partial charge in [0.1, 0.15) is 0 Å². The summed E-state index contributed by atoms with van der Waals surface area (Å²) in [6.45, 7) is 11.5. The van der Waals surface area contributed by atoms with E-state index in [0.29, 0.717) is 5.92 Å². The third kappa shape index (κ3) is 6.62. The van der Waals surface area contributed by atoms with E-state index in [0.717, 1.165) is 31.5 Å². The van der Waals surface area contributed by atoms with Gasteiger partial charge in [0.05, 0.1) is 0 Å². The van der Waals surface area contributed by atoms with Crippen LogP contribution in [0.3, 0.4) is 0 Å². The molecule has 3 nitrogen and oxygen atoms in total. The zero-order chi connectivity index (χ0) is 14.1. The molecule has 0 spiro atoms. The minimum absolute atomic E-state index is 0.479. The first-order chi connectivity index (χ1) is 9.13. The lowest BCUT2D eigenvalue weighted by atomic mass is 10.1. The van der Waals surface area contributed by atoms with Crippen molar-refractivity contribution >= 4 is 17.3 Å². The second-order valence-corrected chi connectivity index (χ2v) is 6.07. The van der Waals surface area contributed by atoms with E-state index in [-0.39, 0.29) is 0 Å². The Kier molecular flexibility index (Phi) is 7.56. The van der Waals surface area contributed by atoms with Crippen molar-refractivity contribution in [3.05, 3.63) is 22.4 Å². The monoisotopic (exact) mass is 281 g/mol. The highest BCUT2D eigenvalue weighted by Gasteiger charge is 2.05. The van der Waals surface area contributed by atoms with Crippen LogP contribution < -0.4 is 10.6 Å². The molecule has 0 aliphatic rings. The van der Waals surface area contributed by atoms with Gasteiger partial charge in [0, 0.05) is 25.6 Å². The van der Waals surface area contributed by atoms with Crippen LogP contribution in [0.15, 0.2) is 21.8 Å². The maximum absolute atomic E-state index is 4.67. The predicted molar refractivity (Wildman–Crippen MR) is 86.2 cm³/mol. The minimum Gasteiger partial charge on any atom is -0.357 e. The lowest BCUT2D eigenvalue weighted by Gasteiger charge is -2.13. The SMILES string of the molecule is CCNC(=NCC(C)c1ccsc1)NCCC(C)C. The van der Waals surface area contributed by atoms with Gasteiger partial charge < -0.3 is 10.6 Å². The molecule has 0 aliphatic heterocycles. The largest absolute Gasteiger partial charge is 0.357 e. The van der Waals surface area contributed by atoms with E-state index in [1.54, 1.807) is 11.3 Å². The Hall–Kier alpha value is -1.03. The van der Waals surface area contributed by atoms with Gasteiger partial charge in [0.15, 0.2) is 5.96 Å². The van der Waals surface area contributed by atoms with Crippen LogP contribution in [-0.2, 0) is 0 Å². The minimum atomic E-state index is 0.479. The number of nitrogens with zero attached hydrogens (tertiary/aromatic N) is 1. The van der Waals surface area contributed by atoms with Crippen molar-refractivity contribution in [3.63, 3.8) is 0 Å². The average molecular weight is 281 g/mol. The van der Waals surface area contributed by atoms with Crippen LogP contribution in [0.1, 0.15) is 45.6 Å². The number of nitrogens with one attached hydrogen (secondary N) is 2. The van der Waals surface area contributed by atoms with Crippen molar-refractivity contribution in [1.82, 2.24) is 10.6 Å². The molecule has 0 saturated heterocycles. The standard InChI is InChI=1S/C15H27N3S/c1-5-16-15(17-8-6-12(2)3)18-10-13(4)14-7-9-19-11-14/h7,9,11-13H,5-6,8,10H2,1-4H3,(H2,16,17,18). The predicted octanol–water partition coefficient (Wildman–Crippen LogP) is 3.45. The van der Waals surface area contributed by atoms with Gasteiger partial charge in [-0.15, -0.1) is 0 Å². The highest BCUT2D eigenvalue weighted by molar-refractivity contribution is 7.07. The van der Waals surface area contributed by atoms with Crippen molar-refractivity contribution in [2.24, 2.45) is 10.9 Å². The normalized spacial score (nSPS) is 13.6. The number of aliphatic imine (C=N–C) groups is 1. The van der Waals surface area contributed by atoms with E-state index in [2.05, 4.69) is 60.1 Å². The smallest absolute Gasteiger partial charge is 0.191 e. The topological polar surface area (TPSA) is 36.4 Å². The summed E-state index contributed by atoms with van der Waals surface area (Å²) >= 11 is 1.75. The summed E-state index contributed by atoms with van der Waals surface area (Å²) in [5.74, 6) is 2.14. The molecule has 1 atom stereocenters. The Bertz CT molecular complexity index is 357. The number of hydrogen-bond acceptors (Lipinski definition) is 2. The summed E-state index contributed by atoms with van der Waals surface area (Å²) in [6, 6.07) is 2.18. The highest BCUT2D eigenvalue weighted by atomic mass is 32.1. The van der Waals surface area contributed by atoms with Crippen molar-refractivity contribution in [3.8, 4) is 0 Å². The fourth-order valence-electron chi connectivity index (χ4n) is 1.71. The maximum Gasteiger partial charge on any atom is 0.191 e. The second kappa shape index (κ2) is 8.97. The fraction of sp³-hybridized carbons (Fsp3) is 0.667. The molecule has 0 fully saturated rings. The molecule has 0 saturated carbocycles. The number of rotatable bonds is 7. The Balaban J connectivity index is 2.43. The van der Waals surface area contributed by atoms with Crippen LogP contribution in [0.25, 0.3) is 0 Å². The molecule has 4 heteroatoms. The highest BCUT2D eigenvalue weighted by Crippen LogP contribution is 2.18. The fourth-order valence-corrected chi connectivity index (χ4v) is 2.49. The Morgan fingerprint density at radius 2 is 2.11 bits per heavy atom. The third-order valence-corrected chi connectivity index (χ3v) is 3.70. The van der Waals surface area contributed by atoms with Crippen LogP contribution in [0.2, 0.25) is 0 Å². The van der Waals surface area contributed by atoms with Gasteiger partial charge in [-0.3, -0.25) is 4.99 Å². The number of guanidine groups is 1. The Labute approximate surface area is 121 Å². The molecular weight excluding hydrogens is 254 g/mol. The summed E-state index contributed by atoms with van der Waals surface area (Å²) in [4.78, 5) is 4.67. The molecule has 1 heterocycles. The van der Waals surface area contributed by atoms with Gasteiger partial charge in [-0.2, -0.15) is 11.3 Å². The van der Waals surface area contributed by atoms with Crippen LogP contribution in [-0.4, -0.2) is 25.6 Å². The lowest BCUT2D eigenvalue weighted by Crippen LogP contribution is -2.38. The lowest BCUT2D eigenvalue weighted by molar-refractivity contribution is 0.573. The van der Waals surface area contributed by atoms with Crippen LogP contribution >= 0.6 is 11.3 Å². The molecule has 0 aliphatic carbocycles. The van der Waals surface area contributed by atoms with E-state index in [1.165, 1.54) is 12.0 Å². The number of thiophene rings is 1. The van der Waals surface area contributed by atoms with Crippen molar-refractivity contribution in [2.45, 2.75) is 40.0 Å². The van der Waals surface area contributed by atoms with E-state index in [1.807, 2.05) is 0 Å². The van der Waals surface area contributed by atoms with Crippen molar-refractivity contribution in [1.29, 1.82) is 0 Å². The summed E-state index contributed by atoms with van der Waals surface area (Å²) in [5.41, 5.74) is 1.38. The van der Waals surface area contributed by atoms with Crippen LogP contribution in [0.5, 0.6) is 0 Å². The molecular formula is C15H27N3S. The van der Waals surface area contributed by atoms with Gasteiger partial charge in [-0.1, -0.05) is 20.8 Å².